The molecule has 4 rings (SSSR count). The van der Waals surface area contributed by atoms with Crippen LogP contribution in [-0.2, 0) is 9.53 Å². The van der Waals surface area contributed by atoms with Gasteiger partial charge < -0.3 is 10.1 Å². The minimum absolute atomic E-state index is 0.179. The Balaban J connectivity index is 1.60. The average molecular weight is 437 g/mol. The summed E-state index contributed by atoms with van der Waals surface area (Å²) in [6, 6.07) is 15.0. The standard InChI is InChI=1S/C25H25ClN2O3/c1-16-23(25(30)31-15-22(29)27-19-10-3-2-4-11-19)20-12-5-6-13-21(20)28-24(16)17-8-7-9-18(26)14-17/h5-9,12-14,19H,2-4,10-11,15H2,1H3,(H,27,29). The van der Waals surface area contributed by atoms with Crippen LogP contribution >= 0.6 is 11.6 Å². The smallest absolute Gasteiger partial charge is 0.339 e. The molecular formula is C25H25ClN2O3. The molecule has 1 saturated carbocycles. The zero-order valence-corrected chi connectivity index (χ0v) is 18.2. The van der Waals surface area contributed by atoms with Gasteiger partial charge in [-0.3, -0.25) is 4.79 Å². The second-order valence-corrected chi connectivity index (χ2v) is 8.40. The third-order valence-corrected chi connectivity index (χ3v) is 5.98. The first-order chi connectivity index (χ1) is 15.0. The lowest BCUT2D eigenvalue weighted by Crippen LogP contribution is -2.38. The number of carbonyl (C=O) groups excluding carboxylic acids is 2. The van der Waals surface area contributed by atoms with Crippen LogP contribution in [-0.4, -0.2) is 29.5 Å². The van der Waals surface area contributed by atoms with E-state index in [-0.39, 0.29) is 18.6 Å². The number of esters is 1. The van der Waals surface area contributed by atoms with Gasteiger partial charge in [0.1, 0.15) is 0 Å². The van der Waals surface area contributed by atoms with Crippen molar-refractivity contribution in [2.24, 2.45) is 0 Å². The quantitative estimate of drug-likeness (QED) is 0.538. The maximum absolute atomic E-state index is 13.1. The van der Waals surface area contributed by atoms with E-state index in [1.165, 1.54) is 6.42 Å². The highest BCUT2D eigenvalue weighted by atomic mass is 35.5. The van der Waals surface area contributed by atoms with Crippen molar-refractivity contribution in [3.8, 4) is 11.3 Å². The number of para-hydroxylation sites is 1. The molecule has 0 aliphatic heterocycles. The van der Waals surface area contributed by atoms with Crippen molar-refractivity contribution >= 4 is 34.4 Å². The van der Waals surface area contributed by atoms with E-state index in [0.29, 0.717) is 32.7 Å². The summed E-state index contributed by atoms with van der Waals surface area (Å²) in [4.78, 5) is 30.1. The minimum atomic E-state index is -0.529. The molecule has 0 saturated heterocycles. The molecule has 1 aromatic heterocycles. The number of benzene rings is 2. The van der Waals surface area contributed by atoms with Gasteiger partial charge in [-0.15, -0.1) is 0 Å². The predicted octanol–water partition coefficient (Wildman–Crippen LogP) is 5.47. The van der Waals surface area contributed by atoms with Crippen LogP contribution in [0, 0.1) is 6.92 Å². The summed E-state index contributed by atoms with van der Waals surface area (Å²) >= 11 is 6.17. The first-order valence-electron chi connectivity index (χ1n) is 10.6. The van der Waals surface area contributed by atoms with Crippen LogP contribution in [0.4, 0.5) is 0 Å². The number of halogens is 1. The molecule has 1 aliphatic carbocycles. The summed E-state index contributed by atoms with van der Waals surface area (Å²) < 4.78 is 5.43. The molecule has 0 unspecified atom stereocenters. The SMILES string of the molecule is Cc1c(-c2cccc(Cl)c2)nc2ccccc2c1C(=O)OCC(=O)NC1CCCCC1. The lowest BCUT2D eigenvalue weighted by Gasteiger charge is -2.22. The second kappa shape index (κ2) is 9.48. The lowest BCUT2D eigenvalue weighted by atomic mass is 9.95. The van der Waals surface area contributed by atoms with E-state index in [0.717, 1.165) is 31.2 Å². The average Bonchev–Trinajstić information content (AvgIpc) is 2.78. The molecule has 5 nitrogen and oxygen atoms in total. The van der Waals surface area contributed by atoms with Gasteiger partial charge in [0.15, 0.2) is 6.61 Å². The molecule has 0 atom stereocenters. The Morgan fingerprint density at radius 1 is 1.10 bits per heavy atom. The molecule has 1 fully saturated rings. The van der Waals surface area contributed by atoms with Crippen LogP contribution in [0.5, 0.6) is 0 Å². The Bertz CT molecular complexity index is 1120. The summed E-state index contributed by atoms with van der Waals surface area (Å²) in [5.74, 6) is -0.787. The van der Waals surface area contributed by atoms with Crippen molar-refractivity contribution in [1.82, 2.24) is 10.3 Å². The predicted molar refractivity (Wildman–Crippen MR) is 122 cm³/mol. The minimum Gasteiger partial charge on any atom is -0.452 e. The van der Waals surface area contributed by atoms with Crippen LogP contribution in [0.15, 0.2) is 48.5 Å². The molecule has 0 spiro atoms. The van der Waals surface area contributed by atoms with Crippen molar-refractivity contribution in [3.05, 3.63) is 64.7 Å². The molecule has 1 aliphatic rings. The molecule has 1 N–H and O–H groups in total. The zero-order chi connectivity index (χ0) is 21.8. The normalized spacial score (nSPS) is 14.4. The van der Waals surface area contributed by atoms with E-state index in [2.05, 4.69) is 5.32 Å². The Hall–Kier alpha value is -2.92. The summed E-state index contributed by atoms with van der Waals surface area (Å²) in [5.41, 5.74) is 3.28. The van der Waals surface area contributed by atoms with E-state index in [1.54, 1.807) is 6.07 Å². The highest BCUT2D eigenvalue weighted by molar-refractivity contribution is 6.30. The Labute approximate surface area is 186 Å². The maximum Gasteiger partial charge on any atom is 0.339 e. The fourth-order valence-corrected chi connectivity index (χ4v) is 4.40. The van der Waals surface area contributed by atoms with E-state index < -0.39 is 5.97 Å². The van der Waals surface area contributed by atoms with Crippen molar-refractivity contribution in [3.63, 3.8) is 0 Å². The fraction of sp³-hybridized carbons (Fsp3) is 0.320. The summed E-state index contributed by atoms with van der Waals surface area (Å²) in [5, 5.41) is 4.27. The number of nitrogens with one attached hydrogen (secondary N) is 1. The van der Waals surface area contributed by atoms with E-state index >= 15 is 0 Å². The number of ether oxygens (including phenoxy) is 1. The highest BCUT2D eigenvalue weighted by Gasteiger charge is 2.22. The van der Waals surface area contributed by atoms with Gasteiger partial charge in [-0.1, -0.05) is 61.2 Å². The number of aromatic nitrogens is 1. The zero-order valence-electron chi connectivity index (χ0n) is 17.5. The Morgan fingerprint density at radius 3 is 2.65 bits per heavy atom. The third kappa shape index (κ3) is 4.88. The van der Waals surface area contributed by atoms with Gasteiger partial charge in [-0.05, 0) is 43.5 Å². The van der Waals surface area contributed by atoms with Gasteiger partial charge in [0.25, 0.3) is 5.91 Å². The second-order valence-electron chi connectivity index (χ2n) is 7.97. The monoisotopic (exact) mass is 436 g/mol. The van der Waals surface area contributed by atoms with E-state index in [1.807, 2.05) is 49.4 Å². The molecule has 6 heteroatoms. The molecular weight excluding hydrogens is 412 g/mol. The molecule has 3 aromatic rings. The highest BCUT2D eigenvalue weighted by Crippen LogP contribution is 2.31. The number of amides is 1. The number of hydrogen-bond donors (Lipinski definition) is 1. The lowest BCUT2D eigenvalue weighted by molar-refractivity contribution is -0.125. The number of carbonyl (C=O) groups is 2. The van der Waals surface area contributed by atoms with Gasteiger partial charge >= 0.3 is 5.97 Å². The number of nitrogens with zero attached hydrogens (tertiary/aromatic N) is 1. The van der Waals surface area contributed by atoms with Crippen LogP contribution < -0.4 is 5.32 Å². The van der Waals surface area contributed by atoms with Crippen LogP contribution in [0.25, 0.3) is 22.2 Å². The maximum atomic E-state index is 13.1. The third-order valence-electron chi connectivity index (χ3n) is 5.74. The number of hydrogen-bond acceptors (Lipinski definition) is 4. The Morgan fingerprint density at radius 2 is 1.87 bits per heavy atom. The molecule has 1 amide bonds. The topological polar surface area (TPSA) is 68.3 Å². The van der Waals surface area contributed by atoms with Crippen LogP contribution in [0.1, 0.15) is 48.0 Å². The van der Waals surface area contributed by atoms with Gasteiger partial charge in [-0.2, -0.15) is 0 Å². The van der Waals surface area contributed by atoms with Gasteiger partial charge in [-0.25, -0.2) is 9.78 Å². The summed E-state index contributed by atoms with van der Waals surface area (Å²) in [6.45, 7) is 1.55. The molecule has 0 bridgehead atoms. The van der Waals surface area contributed by atoms with Crippen molar-refractivity contribution < 1.29 is 14.3 Å². The molecule has 2 aromatic carbocycles. The number of rotatable bonds is 5. The first kappa shape index (κ1) is 21.3. The molecule has 160 valence electrons. The van der Waals surface area contributed by atoms with Crippen molar-refractivity contribution in [1.29, 1.82) is 0 Å². The first-order valence-corrected chi connectivity index (χ1v) is 11.0. The van der Waals surface area contributed by atoms with Crippen molar-refractivity contribution in [2.45, 2.75) is 45.1 Å². The number of fused-ring (bicyclic) bond motifs is 1. The molecule has 1 heterocycles. The van der Waals surface area contributed by atoms with Crippen LogP contribution in [0.3, 0.4) is 0 Å². The van der Waals surface area contributed by atoms with E-state index in [9.17, 15) is 9.59 Å². The van der Waals surface area contributed by atoms with Crippen molar-refractivity contribution in [2.75, 3.05) is 6.61 Å². The summed E-state index contributed by atoms with van der Waals surface area (Å²) in [7, 11) is 0. The molecule has 0 radical (unpaired) electrons. The summed E-state index contributed by atoms with van der Waals surface area (Å²) in [6.07, 6.45) is 5.43. The Kier molecular flexibility index (Phi) is 6.52. The molecule has 31 heavy (non-hydrogen) atoms. The van der Waals surface area contributed by atoms with Gasteiger partial charge in [0.2, 0.25) is 0 Å². The largest absolute Gasteiger partial charge is 0.452 e. The van der Waals surface area contributed by atoms with Crippen LogP contribution in [0.2, 0.25) is 5.02 Å². The van der Waals surface area contributed by atoms with Gasteiger partial charge in [0.05, 0.1) is 16.8 Å². The number of pyridine rings is 1. The fourth-order valence-electron chi connectivity index (χ4n) is 4.21. The van der Waals surface area contributed by atoms with Gasteiger partial charge in [0, 0.05) is 22.0 Å². The van der Waals surface area contributed by atoms with E-state index in [4.69, 9.17) is 21.3 Å².